The summed E-state index contributed by atoms with van der Waals surface area (Å²) in [6, 6.07) is 0. The minimum absolute atomic E-state index is 0.0306. The Hall–Kier alpha value is -1.89. The van der Waals surface area contributed by atoms with E-state index in [1.165, 1.54) is 4.90 Å². The van der Waals surface area contributed by atoms with Gasteiger partial charge in [0.05, 0.1) is 12.7 Å². The molecule has 2 rings (SSSR count). The molecule has 7 heteroatoms. The van der Waals surface area contributed by atoms with Crippen molar-refractivity contribution in [3.8, 4) is 0 Å². The third-order valence-corrected chi connectivity index (χ3v) is 4.15. The third kappa shape index (κ3) is 5.06. The van der Waals surface area contributed by atoms with Gasteiger partial charge in [-0.2, -0.15) is 5.10 Å². The molecule has 24 heavy (non-hydrogen) atoms. The first-order valence-corrected chi connectivity index (χ1v) is 8.59. The highest BCUT2D eigenvalue weighted by atomic mass is 16.3. The lowest BCUT2D eigenvalue weighted by Gasteiger charge is -2.28. The number of likely N-dealkylation sites (tertiary alicyclic amines) is 1. The summed E-state index contributed by atoms with van der Waals surface area (Å²) in [5.41, 5.74) is 0.966. The maximum Gasteiger partial charge on any atom is 0.251 e. The number of aliphatic hydroxyl groups excluding tert-OH is 1. The Morgan fingerprint density at radius 3 is 2.83 bits per heavy atom. The number of rotatable bonds is 6. The van der Waals surface area contributed by atoms with Crippen molar-refractivity contribution in [1.82, 2.24) is 19.6 Å². The number of carbonyl (C=O) groups excluding carboxylic acids is 2. The highest BCUT2D eigenvalue weighted by Crippen LogP contribution is 2.13. The number of nitrogens with zero attached hydrogens (tertiary/aromatic N) is 4. The summed E-state index contributed by atoms with van der Waals surface area (Å²) < 4.78 is 1.71. The molecule has 1 aliphatic heterocycles. The Morgan fingerprint density at radius 1 is 1.46 bits per heavy atom. The predicted octanol–water partition coefficient (Wildman–Crippen LogP) is 0.778. The van der Waals surface area contributed by atoms with Gasteiger partial charge in [-0.15, -0.1) is 0 Å². The van der Waals surface area contributed by atoms with Crippen LogP contribution in [0.25, 0.3) is 0 Å². The van der Waals surface area contributed by atoms with Gasteiger partial charge in [0, 0.05) is 38.4 Å². The molecule has 1 saturated heterocycles. The summed E-state index contributed by atoms with van der Waals surface area (Å²) in [4.78, 5) is 28.2. The Bertz CT molecular complexity index is 570. The predicted molar refractivity (Wildman–Crippen MR) is 89.9 cm³/mol. The zero-order valence-corrected chi connectivity index (χ0v) is 14.8. The van der Waals surface area contributed by atoms with Crippen LogP contribution in [-0.4, -0.2) is 62.2 Å². The van der Waals surface area contributed by atoms with Crippen LogP contribution in [0.15, 0.2) is 12.4 Å². The third-order valence-electron chi connectivity index (χ3n) is 4.15. The van der Waals surface area contributed by atoms with Crippen molar-refractivity contribution in [3.05, 3.63) is 18.0 Å². The van der Waals surface area contributed by atoms with Gasteiger partial charge < -0.3 is 14.9 Å². The lowest BCUT2D eigenvalue weighted by atomic mass is 10.2. The van der Waals surface area contributed by atoms with Crippen molar-refractivity contribution < 1.29 is 14.7 Å². The van der Waals surface area contributed by atoms with Crippen LogP contribution < -0.4 is 0 Å². The van der Waals surface area contributed by atoms with Gasteiger partial charge in [0.25, 0.3) is 5.91 Å². The number of aryl methyl sites for hydroxylation is 1. The van der Waals surface area contributed by atoms with Crippen LogP contribution in [0.5, 0.6) is 0 Å². The molecule has 1 unspecified atom stereocenters. The zero-order chi connectivity index (χ0) is 17.7. The zero-order valence-electron chi connectivity index (χ0n) is 14.8. The molecule has 0 saturated carbocycles. The molecular weight excluding hydrogens is 308 g/mol. The second-order valence-corrected chi connectivity index (χ2v) is 6.96. The Labute approximate surface area is 143 Å². The molecule has 2 amide bonds. The molecule has 1 aromatic heterocycles. The summed E-state index contributed by atoms with van der Waals surface area (Å²) in [5, 5.41) is 14.0. The van der Waals surface area contributed by atoms with Gasteiger partial charge >= 0.3 is 0 Å². The topological polar surface area (TPSA) is 78.7 Å². The summed E-state index contributed by atoms with van der Waals surface area (Å²) in [7, 11) is 1.84. The number of aliphatic hydroxyl groups is 1. The van der Waals surface area contributed by atoms with Gasteiger partial charge in [-0.05, 0) is 25.2 Å². The van der Waals surface area contributed by atoms with E-state index in [9.17, 15) is 14.7 Å². The van der Waals surface area contributed by atoms with E-state index < -0.39 is 6.10 Å². The van der Waals surface area contributed by atoms with E-state index >= 15 is 0 Å². The van der Waals surface area contributed by atoms with E-state index in [0.717, 1.165) is 18.4 Å². The molecular formula is C17H28N4O3. The first kappa shape index (κ1) is 18.4. The fourth-order valence-corrected chi connectivity index (χ4v) is 2.97. The smallest absolute Gasteiger partial charge is 0.251 e. The van der Waals surface area contributed by atoms with Crippen LogP contribution in [0.1, 0.15) is 38.7 Å². The van der Waals surface area contributed by atoms with Gasteiger partial charge in [0.2, 0.25) is 5.91 Å². The SMILES string of the molecule is CC(C)CN(Cc1cnn(C)c1)C(=O)CN1CCCCC(O)C1=O. The number of aromatic nitrogens is 2. The molecule has 7 nitrogen and oxygen atoms in total. The van der Waals surface area contributed by atoms with E-state index in [-0.39, 0.29) is 18.4 Å². The summed E-state index contributed by atoms with van der Waals surface area (Å²) in [6.45, 7) is 5.79. The van der Waals surface area contributed by atoms with E-state index in [1.807, 2.05) is 13.2 Å². The maximum atomic E-state index is 12.7. The highest BCUT2D eigenvalue weighted by Gasteiger charge is 2.28. The Morgan fingerprint density at radius 2 is 2.21 bits per heavy atom. The minimum Gasteiger partial charge on any atom is -0.383 e. The van der Waals surface area contributed by atoms with Crippen LogP contribution in [0.2, 0.25) is 0 Å². The van der Waals surface area contributed by atoms with E-state index in [4.69, 9.17) is 0 Å². The lowest BCUT2D eigenvalue weighted by molar-refractivity contribution is -0.145. The molecule has 1 fully saturated rings. The van der Waals surface area contributed by atoms with Gasteiger partial charge in [-0.25, -0.2) is 0 Å². The molecule has 0 aromatic carbocycles. The normalized spacial score (nSPS) is 18.8. The molecule has 1 aromatic rings. The standard InChI is InChI=1S/C17H28N4O3/c1-13(2)9-21(11-14-8-18-19(3)10-14)16(23)12-20-7-5-4-6-15(22)17(20)24/h8,10,13,15,22H,4-7,9,11-12H2,1-3H3. The van der Waals surface area contributed by atoms with Crippen molar-refractivity contribution >= 4 is 11.8 Å². The molecule has 1 N–H and O–H groups in total. The van der Waals surface area contributed by atoms with Gasteiger partial charge in [-0.1, -0.05) is 13.8 Å². The average molecular weight is 336 g/mol. The molecule has 0 aliphatic carbocycles. The second-order valence-electron chi connectivity index (χ2n) is 6.96. The molecule has 0 spiro atoms. The van der Waals surface area contributed by atoms with E-state index in [1.54, 1.807) is 15.8 Å². The van der Waals surface area contributed by atoms with Gasteiger partial charge in [-0.3, -0.25) is 14.3 Å². The van der Waals surface area contributed by atoms with Crippen molar-refractivity contribution in [3.63, 3.8) is 0 Å². The van der Waals surface area contributed by atoms with Gasteiger partial charge in [0.15, 0.2) is 0 Å². The number of hydrogen-bond acceptors (Lipinski definition) is 4. The Balaban J connectivity index is 2.04. The summed E-state index contributed by atoms with van der Waals surface area (Å²) in [5.74, 6) is -0.0854. The minimum atomic E-state index is -0.975. The number of amides is 2. The van der Waals surface area contributed by atoms with Gasteiger partial charge in [0.1, 0.15) is 6.10 Å². The second kappa shape index (κ2) is 8.28. The summed E-state index contributed by atoms with van der Waals surface area (Å²) in [6.07, 6.45) is 4.78. The van der Waals surface area contributed by atoms with Crippen molar-refractivity contribution in [2.24, 2.45) is 13.0 Å². The number of carbonyl (C=O) groups is 2. The van der Waals surface area contributed by atoms with Crippen molar-refractivity contribution in [2.75, 3.05) is 19.6 Å². The maximum absolute atomic E-state index is 12.7. The molecule has 134 valence electrons. The fourth-order valence-electron chi connectivity index (χ4n) is 2.97. The molecule has 0 bridgehead atoms. The van der Waals surface area contributed by atoms with Crippen LogP contribution in [0, 0.1) is 5.92 Å². The average Bonchev–Trinajstić information content (AvgIpc) is 2.86. The Kier molecular flexibility index (Phi) is 6.36. The monoisotopic (exact) mass is 336 g/mol. The fraction of sp³-hybridized carbons (Fsp3) is 0.706. The molecule has 2 heterocycles. The highest BCUT2D eigenvalue weighted by molar-refractivity contribution is 5.87. The largest absolute Gasteiger partial charge is 0.383 e. The van der Waals surface area contributed by atoms with E-state index in [2.05, 4.69) is 18.9 Å². The van der Waals surface area contributed by atoms with Crippen molar-refractivity contribution in [1.29, 1.82) is 0 Å². The van der Waals surface area contributed by atoms with E-state index in [0.29, 0.717) is 32.0 Å². The summed E-state index contributed by atoms with van der Waals surface area (Å²) >= 11 is 0. The molecule has 0 radical (unpaired) electrons. The van der Waals surface area contributed by atoms with Crippen LogP contribution in [0.3, 0.4) is 0 Å². The van der Waals surface area contributed by atoms with Crippen LogP contribution in [0.4, 0.5) is 0 Å². The van der Waals surface area contributed by atoms with Crippen LogP contribution >= 0.6 is 0 Å². The quantitative estimate of drug-likeness (QED) is 0.832. The van der Waals surface area contributed by atoms with Crippen LogP contribution in [-0.2, 0) is 23.2 Å². The first-order valence-electron chi connectivity index (χ1n) is 8.59. The van der Waals surface area contributed by atoms with Crippen molar-refractivity contribution in [2.45, 2.75) is 45.8 Å². The lowest BCUT2D eigenvalue weighted by Crippen LogP contribution is -2.46. The number of hydrogen-bond donors (Lipinski definition) is 1. The molecule has 1 aliphatic rings. The molecule has 1 atom stereocenters. The first-order chi connectivity index (χ1) is 11.4.